The number of aryl methyl sites for hydroxylation is 1. The van der Waals surface area contributed by atoms with Gasteiger partial charge in [0.1, 0.15) is 0 Å². The Balaban J connectivity index is 0.00000225. The van der Waals surface area contributed by atoms with E-state index in [1.807, 2.05) is 17.9 Å². The molecule has 0 spiro atoms. The van der Waals surface area contributed by atoms with Gasteiger partial charge >= 0.3 is 0 Å². The first kappa shape index (κ1) is 20.9. The van der Waals surface area contributed by atoms with E-state index in [1.165, 1.54) is 11.1 Å². The van der Waals surface area contributed by atoms with Crippen molar-refractivity contribution >= 4 is 18.3 Å². The Morgan fingerprint density at radius 3 is 2.75 bits per heavy atom. The lowest BCUT2D eigenvalue weighted by atomic mass is 9.86. The molecule has 6 heteroatoms. The van der Waals surface area contributed by atoms with Crippen LogP contribution in [0.3, 0.4) is 0 Å². The molecular weight excluding hydrogens is 372 g/mol. The number of hydrogen-bond donors (Lipinski definition) is 1. The van der Waals surface area contributed by atoms with E-state index in [9.17, 15) is 4.79 Å². The molecule has 28 heavy (non-hydrogen) atoms. The number of aromatic nitrogens is 2. The van der Waals surface area contributed by atoms with Gasteiger partial charge in [-0.25, -0.2) is 0 Å². The quantitative estimate of drug-likeness (QED) is 0.834. The van der Waals surface area contributed by atoms with Crippen molar-refractivity contribution in [3.63, 3.8) is 0 Å². The number of likely N-dealkylation sites (tertiary alicyclic amines) is 1. The molecule has 0 aliphatic carbocycles. The van der Waals surface area contributed by atoms with Crippen LogP contribution in [0.2, 0.25) is 0 Å². The SMILES string of the molecule is CCC(c1ccccc1)C1CCCN1C(=O)[C@H]1CNC[C@@H]1c1cnn(C)c1.Cl. The van der Waals surface area contributed by atoms with Crippen LogP contribution in [0.25, 0.3) is 0 Å². The smallest absolute Gasteiger partial charge is 0.227 e. The maximum Gasteiger partial charge on any atom is 0.227 e. The molecule has 152 valence electrons. The summed E-state index contributed by atoms with van der Waals surface area (Å²) in [5, 5.41) is 7.75. The summed E-state index contributed by atoms with van der Waals surface area (Å²) in [6.07, 6.45) is 7.25. The van der Waals surface area contributed by atoms with Gasteiger partial charge in [-0.3, -0.25) is 9.48 Å². The highest BCUT2D eigenvalue weighted by Gasteiger charge is 2.42. The van der Waals surface area contributed by atoms with Crippen LogP contribution < -0.4 is 5.32 Å². The van der Waals surface area contributed by atoms with Crippen molar-refractivity contribution < 1.29 is 4.79 Å². The molecule has 0 saturated carbocycles. The number of rotatable bonds is 5. The van der Waals surface area contributed by atoms with Crippen LogP contribution in [0.1, 0.15) is 49.1 Å². The van der Waals surface area contributed by atoms with E-state index in [2.05, 4.69) is 58.8 Å². The average molecular weight is 403 g/mol. The van der Waals surface area contributed by atoms with Crippen LogP contribution in [0.4, 0.5) is 0 Å². The van der Waals surface area contributed by atoms with Crippen LogP contribution in [-0.4, -0.2) is 46.3 Å². The Morgan fingerprint density at radius 1 is 1.29 bits per heavy atom. The van der Waals surface area contributed by atoms with Gasteiger partial charge in [0, 0.05) is 50.8 Å². The molecule has 1 aromatic carbocycles. The number of hydrogen-bond acceptors (Lipinski definition) is 3. The molecule has 4 rings (SSSR count). The molecule has 2 fully saturated rings. The van der Waals surface area contributed by atoms with Gasteiger partial charge in [-0.15, -0.1) is 12.4 Å². The molecule has 0 bridgehead atoms. The van der Waals surface area contributed by atoms with E-state index in [0.717, 1.165) is 38.9 Å². The van der Waals surface area contributed by atoms with E-state index in [-0.39, 0.29) is 24.2 Å². The molecule has 1 aromatic heterocycles. The Bertz CT molecular complexity index is 778. The monoisotopic (exact) mass is 402 g/mol. The van der Waals surface area contributed by atoms with Crippen LogP contribution in [0.5, 0.6) is 0 Å². The van der Waals surface area contributed by atoms with Crippen molar-refractivity contribution in [1.82, 2.24) is 20.0 Å². The molecule has 2 aromatic rings. The van der Waals surface area contributed by atoms with Crippen molar-refractivity contribution in [1.29, 1.82) is 0 Å². The lowest BCUT2D eigenvalue weighted by Crippen LogP contribution is -2.44. The van der Waals surface area contributed by atoms with Crippen molar-refractivity contribution in [3.8, 4) is 0 Å². The van der Waals surface area contributed by atoms with E-state index in [0.29, 0.717) is 17.9 Å². The highest BCUT2D eigenvalue weighted by Crippen LogP contribution is 2.37. The number of nitrogens with zero attached hydrogens (tertiary/aromatic N) is 3. The van der Waals surface area contributed by atoms with Crippen molar-refractivity contribution in [2.45, 2.75) is 44.1 Å². The first-order chi connectivity index (χ1) is 13.2. The van der Waals surface area contributed by atoms with Crippen molar-refractivity contribution in [2.75, 3.05) is 19.6 Å². The third kappa shape index (κ3) is 3.96. The topological polar surface area (TPSA) is 50.2 Å². The van der Waals surface area contributed by atoms with Crippen molar-refractivity contribution in [2.24, 2.45) is 13.0 Å². The molecule has 4 atom stereocenters. The van der Waals surface area contributed by atoms with Crippen LogP contribution in [-0.2, 0) is 11.8 Å². The lowest BCUT2D eigenvalue weighted by molar-refractivity contribution is -0.136. The van der Waals surface area contributed by atoms with Gasteiger partial charge in [0.25, 0.3) is 0 Å². The zero-order valence-corrected chi connectivity index (χ0v) is 17.6. The fourth-order valence-corrected chi connectivity index (χ4v) is 5.05. The maximum atomic E-state index is 13.6. The fourth-order valence-electron chi connectivity index (χ4n) is 5.05. The molecule has 2 aliphatic rings. The molecule has 0 radical (unpaired) electrons. The maximum absolute atomic E-state index is 13.6. The molecule has 2 aliphatic heterocycles. The molecule has 1 amide bonds. The van der Waals surface area contributed by atoms with Crippen LogP contribution in [0, 0.1) is 5.92 Å². The van der Waals surface area contributed by atoms with Gasteiger partial charge in [0.05, 0.1) is 12.1 Å². The lowest BCUT2D eigenvalue weighted by Gasteiger charge is -2.34. The summed E-state index contributed by atoms with van der Waals surface area (Å²) >= 11 is 0. The third-order valence-corrected chi connectivity index (χ3v) is 6.40. The molecule has 1 N–H and O–H groups in total. The van der Waals surface area contributed by atoms with Crippen LogP contribution in [0.15, 0.2) is 42.7 Å². The molecule has 5 nitrogen and oxygen atoms in total. The largest absolute Gasteiger partial charge is 0.339 e. The summed E-state index contributed by atoms with van der Waals surface area (Å²) in [4.78, 5) is 15.8. The summed E-state index contributed by atoms with van der Waals surface area (Å²) in [5.74, 6) is 0.988. The number of carbonyl (C=O) groups excluding carboxylic acids is 1. The Kier molecular flexibility index (Phi) is 6.78. The van der Waals surface area contributed by atoms with Crippen LogP contribution >= 0.6 is 12.4 Å². The van der Waals surface area contributed by atoms with Gasteiger partial charge in [-0.2, -0.15) is 5.10 Å². The highest BCUT2D eigenvalue weighted by molar-refractivity contribution is 5.85. The zero-order valence-electron chi connectivity index (χ0n) is 16.8. The normalized spacial score (nSPS) is 25.5. The predicted octanol–water partition coefficient (Wildman–Crippen LogP) is 3.33. The van der Waals surface area contributed by atoms with Gasteiger partial charge in [0.15, 0.2) is 0 Å². The van der Waals surface area contributed by atoms with Gasteiger partial charge < -0.3 is 10.2 Å². The molecular formula is C22H31ClN4O. The second kappa shape index (κ2) is 9.10. The van der Waals surface area contributed by atoms with Gasteiger partial charge in [-0.05, 0) is 30.4 Å². The first-order valence-corrected chi connectivity index (χ1v) is 10.2. The minimum absolute atomic E-state index is 0. The molecule has 2 saturated heterocycles. The number of carbonyl (C=O) groups is 1. The first-order valence-electron chi connectivity index (χ1n) is 10.2. The minimum atomic E-state index is 0. The van der Waals surface area contributed by atoms with Crippen molar-refractivity contribution in [3.05, 3.63) is 53.9 Å². The predicted molar refractivity (Wildman–Crippen MR) is 114 cm³/mol. The average Bonchev–Trinajstić information content (AvgIpc) is 3.43. The number of halogens is 1. The minimum Gasteiger partial charge on any atom is -0.339 e. The Hall–Kier alpha value is -1.85. The summed E-state index contributed by atoms with van der Waals surface area (Å²) in [6, 6.07) is 11.0. The van der Waals surface area contributed by atoms with Gasteiger partial charge in [0.2, 0.25) is 5.91 Å². The summed E-state index contributed by atoms with van der Waals surface area (Å²) < 4.78 is 1.83. The van der Waals surface area contributed by atoms with E-state index < -0.39 is 0 Å². The number of benzene rings is 1. The highest BCUT2D eigenvalue weighted by atomic mass is 35.5. The third-order valence-electron chi connectivity index (χ3n) is 6.40. The second-order valence-electron chi connectivity index (χ2n) is 7.99. The number of nitrogens with one attached hydrogen (secondary N) is 1. The van der Waals surface area contributed by atoms with E-state index >= 15 is 0 Å². The fraction of sp³-hybridized carbons (Fsp3) is 0.545. The van der Waals surface area contributed by atoms with E-state index in [4.69, 9.17) is 0 Å². The second-order valence-corrected chi connectivity index (χ2v) is 7.99. The molecule has 3 heterocycles. The van der Waals surface area contributed by atoms with Gasteiger partial charge in [-0.1, -0.05) is 37.3 Å². The summed E-state index contributed by atoms with van der Waals surface area (Å²) in [5.41, 5.74) is 2.53. The standard InChI is InChI=1S/C22H30N4O.ClH/c1-3-18(16-8-5-4-6-9-16)21-10-7-11-26(21)22(27)20-14-23-13-19(20)17-12-24-25(2)15-17;/h4-6,8-9,12,15,18-21,23H,3,7,10-11,13-14H2,1-2H3;1H/t18?,19-,20+,21?;/m1./s1. The zero-order chi connectivity index (χ0) is 18.8. The number of amides is 1. The summed E-state index contributed by atoms with van der Waals surface area (Å²) in [7, 11) is 1.94. The summed E-state index contributed by atoms with van der Waals surface area (Å²) in [6.45, 7) is 4.76. The Morgan fingerprint density at radius 2 is 2.07 bits per heavy atom. The molecule has 2 unspecified atom stereocenters. The van der Waals surface area contributed by atoms with E-state index in [1.54, 1.807) is 0 Å². The Labute approximate surface area is 173 Å².